The molecule has 1 heterocycles. The Hall–Kier alpha value is -0.360. The molecule has 0 radical (unpaired) electrons. The van der Waals surface area contributed by atoms with Crippen molar-refractivity contribution in [3.63, 3.8) is 0 Å². The van der Waals surface area contributed by atoms with Gasteiger partial charge in [-0.3, -0.25) is 4.79 Å². The van der Waals surface area contributed by atoms with Crippen LogP contribution in [0.15, 0.2) is 0 Å². The molecule has 0 saturated carbocycles. The van der Waals surface area contributed by atoms with Gasteiger partial charge in [0.15, 0.2) is 0 Å². The van der Waals surface area contributed by atoms with Crippen LogP contribution in [0, 0.1) is 0 Å². The van der Waals surface area contributed by atoms with E-state index in [1.54, 1.807) is 6.92 Å². The van der Waals surface area contributed by atoms with Crippen LogP contribution in [0.3, 0.4) is 0 Å². The molecule has 114 valence electrons. The zero-order valence-electron chi connectivity index (χ0n) is 12.1. The SMILES string of the molecule is CC(OCC1CCCCO1)C(=O)NCC(C)(C)N.Cl. The monoisotopic (exact) mass is 294 g/mol. The molecule has 6 heteroatoms. The van der Waals surface area contributed by atoms with Gasteiger partial charge in [0.05, 0.1) is 12.7 Å². The van der Waals surface area contributed by atoms with Gasteiger partial charge in [-0.05, 0) is 40.0 Å². The quantitative estimate of drug-likeness (QED) is 0.773. The number of nitrogens with one attached hydrogen (secondary N) is 1. The molecule has 0 aromatic heterocycles. The standard InChI is InChI=1S/C13H26N2O3.ClH/c1-10(12(16)15-9-13(2,3)14)18-8-11-6-4-5-7-17-11;/h10-11H,4-9,14H2,1-3H3,(H,15,16);1H. The Balaban J connectivity index is 0.00000324. The van der Waals surface area contributed by atoms with E-state index in [0.717, 1.165) is 19.4 Å². The molecule has 1 amide bonds. The van der Waals surface area contributed by atoms with Crippen LogP contribution in [0.5, 0.6) is 0 Å². The summed E-state index contributed by atoms with van der Waals surface area (Å²) in [6.45, 7) is 7.22. The summed E-state index contributed by atoms with van der Waals surface area (Å²) in [7, 11) is 0. The second-order valence-electron chi connectivity index (χ2n) is 5.67. The molecule has 0 aromatic carbocycles. The molecule has 2 atom stereocenters. The maximum absolute atomic E-state index is 11.7. The van der Waals surface area contributed by atoms with E-state index in [-0.39, 0.29) is 24.4 Å². The summed E-state index contributed by atoms with van der Waals surface area (Å²) in [4.78, 5) is 11.7. The fourth-order valence-electron chi connectivity index (χ4n) is 1.72. The molecule has 1 aliphatic rings. The number of rotatable bonds is 6. The van der Waals surface area contributed by atoms with Gasteiger partial charge in [0, 0.05) is 18.7 Å². The Morgan fingerprint density at radius 1 is 1.53 bits per heavy atom. The molecule has 3 N–H and O–H groups in total. The highest BCUT2D eigenvalue weighted by molar-refractivity contribution is 5.85. The third-order valence-corrected chi connectivity index (χ3v) is 2.89. The van der Waals surface area contributed by atoms with Crippen molar-refractivity contribution >= 4 is 18.3 Å². The lowest BCUT2D eigenvalue weighted by Gasteiger charge is -2.24. The average molecular weight is 295 g/mol. The number of hydrogen-bond acceptors (Lipinski definition) is 4. The van der Waals surface area contributed by atoms with Crippen LogP contribution in [-0.4, -0.2) is 43.4 Å². The van der Waals surface area contributed by atoms with Crippen molar-refractivity contribution in [2.24, 2.45) is 5.73 Å². The number of ether oxygens (including phenoxy) is 2. The summed E-state index contributed by atoms with van der Waals surface area (Å²) >= 11 is 0. The Labute approximate surface area is 122 Å². The first kappa shape index (κ1) is 18.6. The van der Waals surface area contributed by atoms with Gasteiger partial charge in [-0.25, -0.2) is 0 Å². The Morgan fingerprint density at radius 3 is 2.74 bits per heavy atom. The Morgan fingerprint density at radius 2 is 2.21 bits per heavy atom. The summed E-state index contributed by atoms with van der Waals surface area (Å²) in [6, 6.07) is 0. The second kappa shape index (κ2) is 8.74. The van der Waals surface area contributed by atoms with Gasteiger partial charge in [-0.1, -0.05) is 0 Å². The van der Waals surface area contributed by atoms with Crippen LogP contribution in [0.4, 0.5) is 0 Å². The van der Waals surface area contributed by atoms with Crippen molar-refractivity contribution in [3.05, 3.63) is 0 Å². The van der Waals surface area contributed by atoms with E-state index in [2.05, 4.69) is 5.32 Å². The number of amides is 1. The molecular formula is C13H27ClN2O3. The molecular weight excluding hydrogens is 268 g/mol. The molecule has 1 rings (SSSR count). The fraction of sp³-hybridized carbons (Fsp3) is 0.923. The lowest BCUT2D eigenvalue weighted by Crippen LogP contribution is -2.48. The first-order chi connectivity index (χ1) is 8.38. The molecule has 0 aliphatic carbocycles. The Bertz CT molecular complexity index is 263. The minimum absolute atomic E-state index is 0. The van der Waals surface area contributed by atoms with E-state index in [0.29, 0.717) is 13.2 Å². The molecule has 0 spiro atoms. The largest absolute Gasteiger partial charge is 0.376 e. The van der Waals surface area contributed by atoms with Crippen molar-refractivity contribution in [1.29, 1.82) is 0 Å². The maximum atomic E-state index is 11.7. The van der Waals surface area contributed by atoms with Crippen molar-refractivity contribution in [1.82, 2.24) is 5.32 Å². The summed E-state index contributed by atoms with van der Waals surface area (Å²) in [6.07, 6.45) is 3.00. The molecule has 2 unspecified atom stereocenters. The highest BCUT2D eigenvalue weighted by atomic mass is 35.5. The molecule has 1 fully saturated rings. The van der Waals surface area contributed by atoms with Crippen molar-refractivity contribution in [2.45, 2.75) is 57.8 Å². The minimum atomic E-state index is -0.460. The molecule has 0 aromatic rings. The van der Waals surface area contributed by atoms with Gasteiger partial charge in [0.2, 0.25) is 5.91 Å². The molecule has 1 aliphatic heterocycles. The third kappa shape index (κ3) is 8.42. The number of nitrogens with two attached hydrogens (primary N) is 1. The van der Waals surface area contributed by atoms with Gasteiger partial charge >= 0.3 is 0 Å². The van der Waals surface area contributed by atoms with E-state index >= 15 is 0 Å². The van der Waals surface area contributed by atoms with Crippen molar-refractivity contribution in [3.8, 4) is 0 Å². The van der Waals surface area contributed by atoms with Crippen LogP contribution in [-0.2, 0) is 14.3 Å². The van der Waals surface area contributed by atoms with E-state index < -0.39 is 11.6 Å². The van der Waals surface area contributed by atoms with Crippen LogP contribution in [0.2, 0.25) is 0 Å². The molecule has 0 bridgehead atoms. The normalized spacial score (nSPS) is 21.4. The predicted octanol–water partition coefficient (Wildman–Crippen LogP) is 1.24. The molecule has 1 saturated heterocycles. The second-order valence-corrected chi connectivity index (χ2v) is 5.67. The van der Waals surface area contributed by atoms with E-state index in [1.165, 1.54) is 6.42 Å². The first-order valence-electron chi connectivity index (χ1n) is 6.68. The van der Waals surface area contributed by atoms with Gasteiger partial charge < -0.3 is 20.5 Å². The zero-order chi connectivity index (χ0) is 13.6. The third-order valence-electron chi connectivity index (χ3n) is 2.89. The van der Waals surface area contributed by atoms with Crippen molar-refractivity contribution in [2.75, 3.05) is 19.8 Å². The summed E-state index contributed by atoms with van der Waals surface area (Å²) < 4.78 is 11.1. The topological polar surface area (TPSA) is 73.6 Å². The lowest BCUT2D eigenvalue weighted by atomic mass is 10.1. The van der Waals surface area contributed by atoms with E-state index in [4.69, 9.17) is 15.2 Å². The highest BCUT2D eigenvalue weighted by Gasteiger charge is 2.20. The van der Waals surface area contributed by atoms with Gasteiger partial charge in [0.25, 0.3) is 0 Å². The number of carbonyl (C=O) groups excluding carboxylic acids is 1. The summed E-state index contributed by atoms with van der Waals surface area (Å²) in [5.41, 5.74) is 5.40. The van der Waals surface area contributed by atoms with E-state index in [9.17, 15) is 4.79 Å². The Kier molecular flexibility index (Phi) is 8.57. The molecule has 19 heavy (non-hydrogen) atoms. The average Bonchev–Trinajstić information content (AvgIpc) is 2.33. The van der Waals surface area contributed by atoms with Crippen LogP contribution < -0.4 is 11.1 Å². The predicted molar refractivity (Wildman–Crippen MR) is 77.5 cm³/mol. The van der Waals surface area contributed by atoms with Crippen LogP contribution in [0.25, 0.3) is 0 Å². The van der Waals surface area contributed by atoms with Crippen molar-refractivity contribution < 1.29 is 14.3 Å². The minimum Gasteiger partial charge on any atom is -0.376 e. The van der Waals surface area contributed by atoms with Gasteiger partial charge in [0.1, 0.15) is 6.10 Å². The smallest absolute Gasteiger partial charge is 0.248 e. The first-order valence-corrected chi connectivity index (χ1v) is 6.68. The fourth-order valence-corrected chi connectivity index (χ4v) is 1.72. The van der Waals surface area contributed by atoms with Crippen LogP contribution in [0.1, 0.15) is 40.0 Å². The van der Waals surface area contributed by atoms with Gasteiger partial charge in [-0.2, -0.15) is 0 Å². The van der Waals surface area contributed by atoms with Crippen LogP contribution >= 0.6 is 12.4 Å². The number of hydrogen-bond donors (Lipinski definition) is 2. The highest BCUT2D eigenvalue weighted by Crippen LogP contribution is 2.13. The summed E-state index contributed by atoms with van der Waals surface area (Å²) in [5, 5.41) is 2.78. The number of carbonyl (C=O) groups is 1. The zero-order valence-corrected chi connectivity index (χ0v) is 12.9. The molecule has 5 nitrogen and oxygen atoms in total. The maximum Gasteiger partial charge on any atom is 0.248 e. The van der Waals surface area contributed by atoms with E-state index in [1.807, 2.05) is 13.8 Å². The van der Waals surface area contributed by atoms with Gasteiger partial charge in [-0.15, -0.1) is 12.4 Å². The lowest BCUT2D eigenvalue weighted by molar-refractivity contribution is -0.135. The number of halogens is 1. The summed E-state index contributed by atoms with van der Waals surface area (Å²) in [5.74, 6) is -0.121.